The smallest absolute Gasteiger partial charge is 0.192 e. The van der Waals surface area contributed by atoms with Gasteiger partial charge in [-0.25, -0.2) is 4.98 Å². The minimum absolute atomic E-state index is 0. The first-order valence-electron chi connectivity index (χ1n) is 3.28. The molecule has 1 heterocycles. The van der Waals surface area contributed by atoms with Crippen LogP contribution in [0.3, 0.4) is 0 Å². The maximum Gasteiger partial charge on any atom is 0.192 e. The van der Waals surface area contributed by atoms with Gasteiger partial charge in [0.15, 0.2) is 11.5 Å². The molecule has 2 rings (SSSR count). The van der Waals surface area contributed by atoms with Gasteiger partial charge in [-0.1, -0.05) is 15.9 Å². The Labute approximate surface area is 122 Å². The van der Waals surface area contributed by atoms with Crippen LogP contribution < -0.4 is 0 Å². The Morgan fingerprint density at radius 2 is 1.86 bits per heavy atom. The predicted molar refractivity (Wildman–Crippen MR) is 77.4 cm³/mol. The van der Waals surface area contributed by atoms with Crippen LogP contribution in [0.15, 0.2) is 27.1 Å². The molecule has 2 aromatic rings. The molecule has 0 radical (unpaired) electrons. The molecule has 1 aromatic heterocycles. The molecule has 0 atom stereocenters. The van der Waals surface area contributed by atoms with Crippen LogP contribution in [0.5, 0.6) is 0 Å². The SMILES string of the molecule is Br.Br.Br.Cc1nc2cc(Br)ccc2o1. The minimum Gasteiger partial charge on any atom is -0.441 e. The van der Waals surface area contributed by atoms with Crippen molar-refractivity contribution in [2.24, 2.45) is 0 Å². The predicted octanol–water partition coefficient (Wildman–Crippen LogP) is 4.63. The molecule has 0 amide bonds. The Morgan fingerprint density at radius 3 is 2.50 bits per heavy atom. The van der Waals surface area contributed by atoms with E-state index in [0.717, 1.165) is 15.6 Å². The van der Waals surface area contributed by atoms with E-state index < -0.39 is 0 Å². The van der Waals surface area contributed by atoms with Crippen LogP contribution in [0, 0.1) is 6.92 Å². The second kappa shape index (κ2) is 6.98. The van der Waals surface area contributed by atoms with E-state index in [1.165, 1.54) is 0 Å². The topological polar surface area (TPSA) is 26.0 Å². The molecule has 0 N–H and O–H groups in total. The Hall–Kier alpha value is 0.610. The largest absolute Gasteiger partial charge is 0.441 e. The zero-order chi connectivity index (χ0) is 7.84. The zero-order valence-corrected chi connectivity index (χ0v) is 13.9. The van der Waals surface area contributed by atoms with Gasteiger partial charge < -0.3 is 4.42 Å². The highest BCUT2D eigenvalue weighted by Crippen LogP contribution is 2.19. The van der Waals surface area contributed by atoms with Gasteiger partial charge in [-0.05, 0) is 18.2 Å². The molecule has 0 unspecified atom stereocenters. The second-order valence-corrected chi connectivity index (χ2v) is 3.26. The summed E-state index contributed by atoms with van der Waals surface area (Å²) in [5.74, 6) is 0.707. The molecule has 1 aromatic carbocycles. The van der Waals surface area contributed by atoms with Gasteiger partial charge in [-0.3, -0.25) is 0 Å². The highest BCUT2D eigenvalue weighted by molar-refractivity contribution is 9.10. The average molecular weight is 455 g/mol. The van der Waals surface area contributed by atoms with Gasteiger partial charge in [0.1, 0.15) is 5.52 Å². The van der Waals surface area contributed by atoms with Crippen LogP contribution in [0.1, 0.15) is 5.89 Å². The number of nitrogens with zero attached hydrogens (tertiary/aromatic N) is 1. The van der Waals surface area contributed by atoms with Crippen molar-refractivity contribution in [3.05, 3.63) is 28.6 Å². The van der Waals surface area contributed by atoms with E-state index in [9.17, 15) is 0 Å². The molecule has 14 heavy (non-hydrogen) atoms. The first kappa shape index (κ1) is 17.0. The molecule has 0 aliphatic heterocycles. The Kier molecular flexibility index (Phi) is 8.48. The van der Waals surface area contributed by atoms with E-state index in [1.807, 2.05) is 25.1 Å². The fourth-order valence-electron chi connectivity index (χ4n) is 1.02. The van der Waals surface area contributed by atoms with Crippen LogP contribution >= 0.6 is 66.9 Å². The first-order chi connectivity index (χ1) is 5.25. The fraction of sp³-hybridized carbons (Fsp3) is 0.125. The lowest BCUT2D eigenvalue weighted by molar-refractivity contribution is 0.561. The number of fused-ring (bicyclic) bond motifs is 1. The van der Waals surface area contributed by atoms with Crippen LogP contribution in [-0.2, 0) is 0 Å². The second-order valence-electron chi connectivity index (χ2n) is 2.34. The average Bonchev–Trinajstić information content (AvgIpc) is 2.27. The highest BCUT2D eigenvalue weighted by Gasteiger charge is 2.00. The third kappa shape index (κ3) is 3.64. The number of benzene rings is 1. The number of hydrogen-bond acceptors (Lipinski definition) is 2. The molecule has 0 aliphatic carbocycles. The number of oxazole rings is 1. The summed E-state index contributed by atoms with van der Waals surface area (Å²) in [5.41, 5.74) is 1.74. The van der Waals surface area contributed by atoms with Gasteiger partial charge in [0.2, 0.25) is 0 Å². The number of halogens is 4. The van der Waals surface area contributed by atoms with E-state index in [-0.39, 0.29) is 50.9 Å². The van der Waals surface area contributed by atoms with Gasteiger partial charge in [-0.2, -0.15) is 0 Å². The maximum absolute atomic E-state index is 5.29. The zero-order valence-electron chi connectivity index (χ0n) is 7.19. The summed E-state index contributed by atoms with van der Waals surface area (Å²) in [6, 6.07) is 5.78. The van der Waals surface area contributed by atoms with E-state index in [4.69, 9.17) is 4.42 Å². The maximum atomic E-state index is 5.29. The highest BCUT2D eigenvalue weighted by atomic mass is 79.9. The van der Waals surface area contributed by atoms with Crippen molar-refractivity contribution in [1.82, 2.24) is 4.98 Å². The third-order valence-corrected chi connectivity index (χ3v) is 1.95. The molecule has 0 aliphatic rings. The fourth-order valence-corrected chi connectivity index (χ4v) is 1.36. The molecule has 80 valence electrons. The number of aromatic nitrogens is 1. The van der Waals surface area contributed by atoms with Gasteiger partial charge in [0.05, 0.1) is 0 Å². The van der Waals surface area contributed by atoms with Gasteiger partial charge in [0, 0.05) is 11.4 Å². The third-order valence-electron chi connectivity index (χ3n) is 1.46. The van der Waals surface area contributed by atoms with Crippen molar-refractivity contribution < 1.29 is 4.42 Å². The molecule has 0 saturated heterocycles. The summed E-state index contributed by atoms with van der Waals surface area (Å²) >= 11 is 3.36. The Bertz CT molecular complexity index is 401. The molecule has 6 heteroatoms. The summed E-state index contributed by atoms with van der Waals surface area (Å²) in [4.78, 5) is 4.18. The molecular formula is C8H9Br4NO. The molecule has 2 nitrogen and oxygen atoms in total. The van der Waals surface area contributed by atoms with Crippen molar-refractivity contribution in [1.29, 1.82) is 0 Å². The Morgan fingerprint density at radius 1 is 1.21 bits per heavy atom. The molecule has 0 fully saturated rings. The standard InChI is InChI=1S/C8H6BrNO.3BrH/c1-5-10-7-4-6(9)2-3-8(7)11-5;;;/h2-4H,1H3;3*1H. The van der Waals surface area contributed by atoms with Gasteiger partial charge in [0.25, 0.3) is 0 Å². The lowest BCUT2D eigenvalue weighted by atomic mass is 10.3. The van der Waals surface area contributed by atoms with Crippen LogP contribution in [-0.4, -0.2) is 4.98 Å². The molecule has 0 bridgehead atoms. The van der Waals surface area contributed by atoms with Gasteiger partial charge in [-0.15, -0.1) is 50.9 Å². The van der Waals surface area contributed by atoms with E-state index >= 15 is 0 Å². The van der Waals surface area contributed by atoms with Gasteiger partial charge >= 0.3 is 0 Å². The first-order valence-corrected chi connectivity index (χ1v) is 4.08. The van der Waals surface area contributed by atoms with Crippen molar-refractivity contribution in [2.45, 2.75) is 6.92 Å². The quantitative estimate of drug-likeness (QED) is 0.580. The molecular weight excluding hydrogens is 446 g/mol. The minimum atomic E-state index is 0. The number of rotatable bonds is 0. The number of aryl methyl sites for hydroxylation is 1. The lowest BCUT2D eigenvalue weighted by Gasteiger charge is -1.85. The summed E-state index contributed by atoms with van der Waals surface area (Å²) in [5, 5.41) is 0. The van der Waals surface area contributed by atoms with Crippen LogP contribution in [0.25, 0.3) is 11.1 Å². The van der Waals surface area contributed by atoms with E-state index in [1.54, 1.807) is 0 Å². The molecule has 0 saturated carbocycles. The summed E-state index contributed by atoms with van der Waals surface area (Å²) in [6.07, 6.45) is 0. The summed E-state index contributed by atoms with van der Waals surface area (Å²) < 4.78 is 6.32. The van der Waals surface area contributed by atoms with E-state index in [2.05, 4.69) is 20.9 Å². The van der Waals surface area contributed by atoms with Crippen molar-refractivity contribution in [2.75, 3.05) is 0 Å². The number of hydrogen-bond donors (Lipinski definition) is 0. The van der Waals surface area contributed by atoms with Crippen LogP contribution in [0.2, 0.25) is 0 Å². The monoisotopic (exact) mass is 451 g/mol. The summed E-state index contributed by atoms with van der Waals surface area (Å²) in [6.45, 7) is 1.84. The van der Waals surface area contributed by atoms with E-state index in [0.29, 0.717) is 5.89 Å². The normalized spacial score (nSPS) is 8.43. The lowest BCUT2D eigenvalue weighted by Crippen LogP contribution is -1.67. The van der Waals surface area contributed by atoms with Crippen LogP contribution in [0.4, 0.5) is 0 Å². The Balaban J connectivity index is 0. The van der Waals surface area contributed by atoms with Crippen molar-refractivity contribution in [3.63, 3.8) is 0 Å². The molecule has 0 spiro atoms. The summed E-state index contributed by atoms with van der Waals surface area (Å²) in [7, 11) is 0. The van der Waals surface area contributed by atoms with Crippen molar-refractivity contribution >= 4 is 78.0 Å². The van der Waals surface area contributed by atoms with Crippen molar-refractivity contribution in [3.8, 4) is 0 Å².